The van der Waals surface area contributed by atoms with Crippen molar-refractivity contribution in [2.45, 2.75) is 44.8 Å². The number of fused-ring (bicyclic) bond motifs is 1. The third kappa shape index (κ3) is 4.29. The van der Waals surface area contributed by atoms with Crippen molar-refractivity contribution in [3.05, 3.63) is 53.3 Å². The number of carbonyl (C=O) groups excluding carboxylic acids is 2. The SMILES string of the molecule is CC[C@@]1(C2CCN(Cc3ccc(F)c(OC)c3)CC2)NC(=O)N(Cc2ccc3c(c2)OCO3)C1=O. The predicted molar refractivity (Wildman–Crippen MR) is 126 cm³/mol. The summed E-state index contributed by atoms with van der Waals surface area (Å²) in [6.45, 7) is 4.58. The standard InChI is InChI=1S/C26H30FN3O5/c1-3-26(19-8-10-29(11-9-19)14-17-4-6-20(27)22(12-17)33-2)24(31)30(25(32)28-26)15-18-5-7-21-23(13-18)35-16-34-21/h4-7,12-13,19H,3,8-11,14-16H2,1-2H3,(H,28,32)/t26-/m0/s1. The molecule has 0 radical (unpaired) electrons. The van der Waals surface area contributed by atoms with Crippen LogP contribution in [0, 0.1) is 11.7 Å². The number of carbonyl (C=O) groups is 2. The smallest absolute Gasteiger partial charge is 0.325 e. The molecule has 3 heterocycles. The van der Waals surface area contributed by atoms with Gasteiger partial charge in [0.25, 0.3) is 5.91 Å². The molecule has 35 heavy (non-hydrogen) atoms. The first kappa shape index (κ1) is 23.4. The molecule has 0 aliphatic carbocycles. The van der Waals surface area contributed by atoms with E-state index < -0.39 is 5.54 Å². The van der Waals surface area contributed by atoms with Crippen molar-refractivity contribution in [3.63, 3.8) is 0 Å². The number of methoxy groups -OCH3 is 1. The molecule has 3 aliphatic rings. The summed E-state index contributed by atoms with van der Waals surface area (Å²) in [6, 6.07) is 10.0. The Balaban J connectivity index is 1.24. The van der Waals surface area contributed by atoms with Crippen LogP contribution in [0.1, 0.15) is 37.3 Å². The lowest BCUT2D eigenvalue weighted by Gasteiger charge is -2.40. The second-order valence-electron chi connectivity index (χ2n) is 9.35. The van der Waals surface area contributed by atoms with Crippen LogP contribution in [-0.2, 0) is 17.9 Å². The molecule has 0 bridgehead atoms. The Hall–Kier alpha value is -3.33. The lowest BCUT2D eigenvalue weighted by Crippen LogP contribution is -2.55. The van der Waals surface area contributed by atoms with Crippen LogP contribution < -0.4 is 19.5 Å². The van der Waals surface area contributed by atoms with Gasteiger partial charge in [-0.15, -0.1) is 0 Å². The molecule has 3 aliphatic heterocycles. The van der Waals surface area contributed by atoms with Gasteiger partial charge in [-0.1, -0.05) is 19.1 Å². The number of imide groups is 1. The molecule has 5 rings (SSSR count). The molecule has 2 aromatic rings. The number of likely N-dealkylation sites (tertiary alicyclic amines) is 1. The quantitative estimate of drug-likeness (QED) is 0.606. The monoisotopic (exact) mass is 483 g/mol. The number of benzene rings is 2. The van der Waals surface area contributed by atoms with Crippen LogP contribution in [0.25, 0.3) is 0 Å². The number of amides is 3. The molecule has 0 spiro atoms. The van der Waals surface area contributed by atoms with Gasteiger partial charge in [0.15, 0.2) is 23.1 Å². The Morgan fingerprint density at radius 2 is 1.77 bits per heavy atom. The van der Waals surface area contributed by atoms with Gasteiger partial charge >= 0.3 is 6.03 Å². The van der Waals surface area contributed by atoms with Gasteiger partial charge in [0.05, 0.1) is 13.7 Å². The van der Waals surface area contributed by atoms with Gasteiger partial charge in [0, 0.05) is 6.54 Å². The molecule has 9 heteroatoms. The summed E-state index contributed by atoms with van der Waals surface area (Å²) in [5, 5.41) is 3.05. The fraction of sp³-hybridized carbons (Fsp3) is 0.462. The molecule has 186 valence electrons. The van der Waals surface area contributed by atoms with Crippen molar-refractivity contribution in [2.75, 3.05) is 27.0 Å². The molecule has 8 nitrogen and oxygen atoms in total. The lowest BCUT2D eigenvalue weighted by atomic mass is 9.75. The highest BCUT2D eigenvalue weighted by molar-refractivity contribution is 6.07. The Labute approximate surface area is 203 Å². The Kier molecular flexibility index (Phi) is 6.27. The molecule has 0 aromatic heterocycles. The maximum Gasteiger partial charge on any atom is 0.325 e. The zero-order valence-electron chi connectivity index (χ0n) is 20.0. The molecule has 2 aromatic carbocycles. The normalized spacial score (nSPS) is 22.5. The zero-order chi connectivity index (χ0) is 24.6. The molecule has 0 unspecified atom stereocenters. The largest absolute Gasteiger partial charge is 0.494 e. The van der Waals surface area contributed by atoms with Gasteiger partial charge < -0.3 is 19.5 Å². The number of ether oxygens (including phenoxy) is 3. The summed E-state index contributed by atoms with van der Waals surface area (Å²) in [4.78, 5) is 30.1. The highest BCUT2D eigenvalue weighted by Crippen LogP contribution is 2.38. The summed E-state index contributed by atoms with van der Waals surface area (Å²) >= 11 is 0. The van der Waals surface area contributed by atoms with Crippen LogP contribution >= 0.6 is 0 Å². The molecule has 0 saturated carbocycles. The van der Waals surface area contributed by atoms with Gasteiger partial charge in [-0.05, 0) is 73.7 Å². The van der Waals surface area contributed by atoms with E-state index >= 15 is 0 Å². The molecular weight excluding hydrogens is 453 g/mol. The molecule has 1 N–H and O–H groups in total. The number of piperidine rings is 1. The molecule has 3 amide bonds. The summed E-state index contributed by atoms with van der Waals surface area (Å²) in [6.07, 6.45) is 2.11. The summed E-state index contributed by atoms with van der Waals surface area (Å²) in [5.41, 5.74) is 0.903. The number of halogens is 1. The van der Waals surface area contributed by atoms with Crippen LogP contribution in [0.4, 0.5) is 9.18 Å². The second-order valence-corrected chi connectivity index (χ2v) is 9.35. The van der Waals surface area contributed by atoms with Gasteiger partial charge in [-0.25, -0.2) is 9.18 Å². The fourth-order valence-electron chi connectivity index (χ4n) is 5.46. The summed E-state index contributed by atoms with van der Waals surface area (Å²) in [7, 11) is 1.46. The third-order valence-corrected chi connectivity index (χ3v) is 7.44. The van der Waals surface area contributed by atoms with E-state index in [0.29, 0.717) is 24.5 Å². The minimum atomic E-state index is -0.890. The lowest BCUT2D eigenvalue weighted by molar-refractivity contribution is -0.134. The topological polar surface area (TPSA) is 80.3 Å². The molecular formula is C26H30FN3O5. The van der Waals surface area contributed by atoms with E-state index in [1.54, 1.807) is 18.2 Å². The average Bonchev–Trinajstić information content (AvgIpc) is 3.43. The predicted octanol–water partition coefficient (Wildman–Crippen LogP) is 3.68. The molecule has 2 fully saturated rings. The van der Waals surface area contributed by atoms with Crippen molar-refractivity contribution < 1.29 is 28.2 Å². The highest BCUT2D eigenvalue weighted by Gasteiger charge is 2.54. The number of hydrogen-bond acceptors (Lipinski definition) is 6. The Morgan fingerprint density at radius 3 is 2.51 bits per heavy atom. The number of hydrogen-bond donors (Lipinski definition) is 1. The van der Waals surface area contributed by atoms with E-state index in [4.69, 9.17) is 14.2 Å². The van der Waals surface area contributed by atoms with Gasteiger partial charge in [0.2, 0.25) is 6.79 Å². The van der Waals surface area contributed by atoms with Crippen molar-refractivity contribution >= 4 is 11.9 Å². The van der Waals surface area contributed by atoms with Crippen LogP contribution in [0.5, 0.6) is 17.2 Å². The summed E-state index contributed by atoms with van der Waals surface area (Å²) in [5.74, 6) is 1.04. The number of nitrogens with one attached hydrogen (secondary N) is 1. The second kappa shape index (κ2) is 9.37. The average molecular weight is 484 g/mol. The van der Waals surface area contributed by atoms with E-state index in [-0.39, 0.29) is 42.8 Å². The van der Waals surface area contributed by atoms with Crippen LogP contribution in [0.2, 0.25) is 0 Å². The summed E-state index contributed by atoms with van der Waals surface area (Å²) < 4.78 is 29.6. The van der Waals surface area contributed by atoms with Crippen LogP contribution in [-0.4, -0.2) is 54.3 Å². The van der Waals surface area contributed by atoms with Crippen LogP contribution in [0.15, 0.2) is 36.4 Å². The van der Waals surface area contributed by atoms with Crippen LogP contribution in [0.3, 0.4) is 0 Å². The van der Waals surface area contributed by atoms with Crippen molar-refractivity contribution in [1.29, 1.82) is 0 Å². The first-order chi connectivity index (χ1) is 16.9. The molecule has 1 atom stereocenters. The van der Waals surface area contributed by atoms with E-state index in [1.807, 2.05) is 19.1 Å². The Bertz CT molecular complexity index is 1130. The highest BCUT2D eigenvalue weighted by atomic mass is 19.1. The zero-order valence-corrected chi connectivity index (χ0v) is 20.0. The first-order valence-corrected chi connectivity index (χ1v) is 12.0. The van der Waals surface area contributed by atoms with E-state index in [0.717, 1.165) is 37.1 Å². The van der Waals surface area contributed by atoms with E-state index in [9.17, 15) is 14.0 Å². The van der Waals surface area contributed by atoms with Gasteiger partial charge in [-0.3, -0.25) is 14.6 Å². The van der Waals surface area contributed by atoms with Crippen molar-refractivity contribution in [3.8, 4) is 17.2 Å². The van der Waals surface area contributed by atoms with E-state index in [1.165, 1.54) is 18.1 Å². The van der Waals surface area contributed by atoms with Crippen molar-refractivity contribution in [2.24, 2.45) is 5.92 Å². The number of urea groups is 1. The first-order valence-electron chi connectivity index (χ1n) is 12.0. The van der Waals surface area contributed by atoms with Crippen molar-refractivity contribution in [1.82, 2.24) is 15.1 Å². The maximum absolute atomic E-state index is 13.7. The minimum absolute atomic E-state index is 0.0460. The molecule has 2 saturated heterocycles. The van der Waals surface area contributed by atoms with Gasteiger partial charge in [-0.2, -0.15) is 0 Å². The maximum atomic E-state index is 13.7. The number of rotatable bonds is 7. The Morgan fingerprint density at radius 1 is 1.06 bits per heavy atom. The van der Waals surface area contributed by atoms with E-state index in [2.05, 4.69) is 10.2 Å². The fourth-order valence-corrected chi connectivity index (χ4v) is 5.46. The number of nitrogens with zero attached hydrogens (tertiary/aromatic N) is 2. The minimum Gasteiger partial charge on any atom is -0.494 e. The van der Waals surface area contributed by atoms with Gasteiger partial charge in [0.1, 0.15) is 5.54 Å². The third-order valence-electron chi connectivity index (χ3n) is 7.44.